The second kappa shape index (κ2) is 11.0. The minimum Gasteiger partial charge on any atom is -0.462 e. The van der Waals surface area contributed by atoms with Gasteiger partial charge in [0.05, 0.1) is 17.6 Å². The Morgan fingerprint density at radius 3 is 2.26 bits per heavy atom. The first-order chi connectivity index (χ1) is 18.1. The summed E-state index contributed by atoms with van der Waals surface area (Å²) in [5.41, 5.74) is -0.980. The molecule has 0 saturated heterocycles. The van der Waals surface area contributed by atoms with Gasteiger partial charge >= 0.3 is 18.1 Å². The Kier molecular flexibility index (Phi) is 7.72. The average molecular weight is 547 g/mol. The van der Waals surface area contributed by atoms with E-state index < -0.39 is 46.0 Å². The largest absolute Gasteiger partial charge is 0.462 e. The molecule has 0 saturated carbocycles. The first-order valence-corrected chi connectivity index (χ1v) is 11.6. The van der Waals surface area contributed by atoms with Crippen LogP contribution in [0.25, 0.3) is 11.0 Å². The molecular weight excluding hydrogens is 529 g/mol. The van der Waals surface area contributed by atoms with Gasteiger partial charge in [-0.1, -0.05) is 30.3 Å². The fraction of sp³-hybridized carbons (Fsp3) is 0.148. The molecule has 38 heavy (non-hydrogen) atoms. The van der Waals surface area contributed by atoms with Crippen molar-refractivity contribution in [3.63, 3.8) is 0 Å². The molecule has 0 aliphatic rings. The monoisotopic (exact) mass is 546 g/mol. The lowest BCUT2D eigenvalue weighted by molar-refractivity contribution is -0.154. The molecule has 1 heterocycles. The Morgan fingerprint density at radius 1 is 0.974 bits per heavy atom. The van der Waals surface area contributed by atoms with Crippen LogP contribution in [0.5, 0.6) is 17.2 Å². The van der Waals surface area contributed by atoms with E-state index in [0.29, 0.717) is 5.56 Å². The van der Waals surface area contributed by atoms with E-state index >= 15 is 0 Å². The molecule has 0 radical (unpaired) electrons. The average Bonchev–Trinajstić information content (AvgIpc) is 2.90. The molecule has 1 aromatic heterocycles. The van der Waals surface area contributed by atoms with E-state index in [1.54, 1.807) is 37.3 Å². The highest BCUT2D eigenvalue weighted by Crippen LogP contribution is 2.39. The van der Waals surface area contributed by atoms with Crippen molar-refractivity contribution < 1.29 is 41.4 Å². The molecule has 0 bridgehead atoms. The number of hydrogen-bond donors (Lipinski definition) is 0. The maximum Gasteiger partial charge on any atom is 0.453 e. The first-order valence-electron chi connectivity index (χ1n) is 11.1. The van der Waals surface area contributed by atoms with Gasteiger partial charge in [-0.15, -0.1) is 11.6 Å². The van der Waals surface area contributed by atoms with Crippen molar-refractivity contribution in [3.8, 4) is 17.2 Å². The standard InChI is InChI=1S/C27H18ClF3O7/c1-2-35-25(33)16-8-10-17(11-9-16)36-23-22(32)19-13-12-18(14-20(19)38-24(23)27(29,30)31)37-26(34)21(28)15-6-4-3-5-7-15/h3-14,21H,2H2,1H3. The van der Waals surface area contributed by atoms with Gasteiger partial charge in [0.25, 0.3) is 5.76 Å². The molecule has 0 fully saturated rings. The van der Waals surface area contributed by atoms with Gasteiger partial charge in [0.1, 0.15) is 17.1 Å². The molecule has 0 spiro atoms. The molecule has 0 amide bonds. The predicted octanol–water partition coefficient (Wildman–Crippen LogP) is 6.67. The van der Waals surface area contributed by atoms with Crippen molar-refractivity contribution >= 4 is 34.5 Å². The SMILES string of the molecule is CCOC(=O)c1ccc(Oc2c(C(F)(F)F)oc3cc(OC(=O)C(Cl)c4ccccc4)ccc3c2=O)cc1. The normalized spacial score (nSPS) is 12.1. The summed E-state index contributed by atoms with van der Waals surface area (Å²) in [7, 11) is 0. The third-order valence-corrected chi connectivity index (χ3v) is 5.61. The smallest absolute Gasteiger partial charge is 0.453 e. The van der Waals surface area contributed by atoms with Crippen molar-refractivity contribution in [3.05, 3.63) is 99.9 Å². The third kappa shape index (κ3) is 5.81. The van der Waals surface area contributed by atoms with Crippen LogP contribution in [0.4, 0.5) is 13.2 Å². The first kappa shape index (κ1) is 26.7. The fourth-order valence-corrected chi connectivity index (χ4v) is 3.61. The van der Waals surface area contributed by atoms with Crippen molar-refractivity contribution in [2.45, 2.75) is 18.5 Å². The zero-order valence-corrected chi connectivity index (χ0v) is 20.3. The number of hydrogen-bond acceptors (Lipinski definition) is 7. The zero-order valence-electron chi connectivity index (χ0n) is 19.6. The third-order valence-electron chi connectivity index (χ3n) is 5.18. The molecule has 0 aliphatic carbocycles. The van der Waals surface area contributed by atoms with Crippen molar-refractivity contribution in [2.24, 2.45) is 0 Å². The van der Waals surface area contributed by atoms with E-state index in [1.165, 1.54) is 30.3 Å². The number of esters is 2. The molecule has 196 valence electrons. The van der Waals surface area contributed by atoms with Crippen LogP contribution in [-0.4, -0.2) is 18.5 Å². The molecule has 3 aromatic carbocycles. The number of carbonyl (C=O) groups is 2. The maximum atomic E-state index is 13.8. The summed E-state index contributed by atoms with van der Waals surface area (Å²) in [6.07, 6.45) is -5.10. The lowest BCUT2D eigenvalue weighted by Crippen LogP contribution is -2.16. The number of alkyl halides is 4. The summed E-state index contributed by atoms with van der Waals surface area (Å²) in [5.74, 6) is -4.60. The van der Waals surface area contributed by atoms with Crippen LogP contribution < -0.4 is 14.9 Å². The van der Waals surface area contributed by atoms with Gasteiger partial charge in [0, 0.05) is 6.07 Å². The van der Waals surface area contributed by atoms with Gasteiger partial charge in [-0.05, 0) is 48.9 Å². The fourth-order valence-electron chi connectivity index (χ4n) is 3.42. The highest BCUT2D eigenvalue weighted by Gasteiger charge is 2.40. The Morgan fingerprint density at radius 2 is 1.63 bits per heavy atom. The molecular formula is C27H18ClF3O7. The molecule has 4 aromatic rings. The highest BCUT2D eigenvalue weighted by molar-refractivity contribution is 6.30. The molecule has 7 nitrogen and oxygen atoms in total. The number of carbonyl (C=O) groups excluding carboxylic acids is 2. The van der Waals surface area contributed by atoms with Gasteiger partial charge in [-0.2, -0.15) is 13.2 Å². The van der Waals surface area contributed by atoms with Crippen molar-refractivity contribution in [2.75, 3.05) is 6.61 Å². The summed E-state index contributed by atoms with van der Waals surface area (Å²) in [6.45, 7) is 1.77. The lowest BCUT2D eigenvalue weighted by Gasteiger charge is -2.14. The summed E-state index contributed by atoms with van der Waals surface area (Å²) in [5, 5.41) is -1.42. The quantitative estimate of drug-likeness (QED) is 0.145. The van der Waals surface area contributed by atoms with Crippen LogP contribution in [0, 0.1) is 0 Å². The Bertz CT molecular complexity index is 1530. The van der Waals surface area contributed by atoms with Gasteiger partial charge in [-0.25, -0.2) is 9.59 Å². The van der Waals surface area contributed by atoms with Gasteiger partial charge < -0.3 is 18.6 Å². The number of fused-ring (bicyclic) bond motifs is 1. The Balaban J connectivity index is 1.66. The summed E-state index contributed by atoms with van der Waals surface area (Å²) in [4.78, 5) is 37.2. The molecule has 11 heteroatoms. The molecule has 0 N–H and O–H groups in total. The van der Waals surface area contributed by atoms with E-state index in [4.69, 9.17) is 30.2 Å². The Hall–Kier alpha value is -4.31. The topological polar surface area (TPSA) is 92.0 Å². The van der Waals surface area contributed by atoms with Crippen LogP contribution >= 0.6 is 11.6 Å². The summed E-state index contributed by atoms with van der Waals surface area (Å²) < 4.78 is 61.9. The summed E-state index contributed by atoms with van der Waals surface area (Å²) in [6, 6.07) is 16.7. The van der Waals surface area contributed by atoms with Crippen LogP contribution in [0.2, 0.25) is 0 Å². The highest BCUT2D eigenvalue weighted by atomic mass is 35.5. The van der Waals surface area contributed by atoms with Crippen molar-refractivity contribution in [1.82, 2.24) is 0 Å². The van der Waals surface area contributed by atoms with E-state index in [-0.39, 0.29) is 29.1 Å². The minimum absolute atomic E-state index is 0.143. The summed E-state index contributed by atoms with van der Waals surface area (Å²) >= 11 is 6.14. The maximum absolute atomic E-state index is 13.8. The van der Waals surface area contributed by atoms with E-state index in [1.807, 2.05) is 0 Å². The molecule has 1 unspecified atom stereocenters. The zero-order chi connectivity index (χ0) is 27.4. The van der Waals surface area contributed by atoms with Gasteiger partial charge in [-0.3, -0.25) is 4.79 Å². The van der Waals surface area contributed by atoms with Crippen LogP contribution in [0.15, 0.2) is 82.0 Å². The lowest BCUT2D eigenvalue weighted by atomic mass is 10.1. The van der Waals surface area contributed by atoms with E-state index in [2.05, 4.69) is 0 Å². The number of benzene rings is 3. The number of ether oxygens (including phenoxy) is 3. The van der Waals surface area contributed by atoms with Gasteiger partial charge in [0.15, 0.2) is 5.38 Å². The van der Waals surface area contributed by atoms with Crippen LogP contribution in [-0.2, 0) is 15.7 Å². The molecule has 0 aliphatic heterocycles. The number of halogens is 4. The van der Waals surface area contributed by atoms with E-state index in [0.717, 1.165) is 12.1 Å². The van der Waals surface area contributed by atoms with Crippen LogP contribution in [0.3, 0.4) is 0 Å². The Labute approximate surface area is 218 Å². The second-order valence-electron chi connectivity index (χ2n) is 7.79. The molecule has 1 atom stereocenters. The van der Waals surface area contributed by atoms with Crippen molar-refractivity contribution in [1.29, 1.82) is 0 Å². The van der Waals surface area contributed by atoms with Crippen LogP contribution in [0.1, 0.15) is 34.0 Å². The van der Waals surface area contributed by atoms with E-state index in [9.17, 15) is 27.6 Å². The second-order valence-corrected chi connectivity index (χ2v) is 8.22. The molecule has 4 rings (SSSR count). The predicted molar refractivity (Wildman–Crippen MR) is 131 cm³/mol. The number of rotatable bonds is 7. The van der Waals surface area contributed by atoms with Gasteiger partial charge in [0.2, 0.25) is 11.2 Å². The minimum atomic E-state index is -5.10.